The first-order chi connectivity index (χ1) is 17.9. The first-order valence-corrected chi connectivity index (χ1v) is 12.8. The summed E-state index contributed by atoms with van der Waals surface area (Å²) in [5, 5.41) is 14.8. The quantitative estimate of drug-likeness (QED) is 0.411. The molecule has 0 spiro atoms. The molecule has 0 radical (unpaired) electrons. The molecule has 2 N–H and O–H groups in total. The Morgan fingerprint density at radius 3 is 2.92 bits per heavy atom. The van der Waals surface area contributed by atoms with E-state index in [1.165, 1.54) is 0 Å². The Morgan fingerprint density at radius 2 is 2.08 bits per heavy atom. The van der Waals surface area contributed by atoms with Gasteiger partial charge in [0.15, 0.2) is 11.8 Å². The molecule has 2 saturated heterocycles. The van der Waals surface area contributed by atoms with Gasteiger partial charge in [0.1, 0.15) is 24.1 Å². The van der Waals surface area contributed by atoms with Crippen LogP contribution in [0.25, 0.3) is 22.4 Å². The highest BCUT2D eigenvalue weighted by Crippen LogP contribution is 2.40. The van der Waals surface area contributed by atoms with E-state index in [0.29, 0.717) is 34.9 Å². The predicted octanol–water partition coefficient (Wildman–Crippen LogP) is 3.33. The maximum absolute atomic E-state index is 15.3. The van der Waals surface area contributed by atoms with Gasteiger partial charge in [-0.15, -0.1) is 0 Å². The van der Waals surface area contributed by atoms with Crippen LogP contribution in [-0.2, 0) is 29.4 Å². The number of halogens is 2. The van der Waals surface area contributed by atoms with E-state index < -0.39 is 6.10 Å². The molecule has 4 aromatic rings. The number of benzene rings is 1. The summed E-state index contributed by atoms with van der Waals surface area (Å²) in [6.07, 6.45) is 2.21. The predicted molar refractivity (Wildman–Crippen MR) is 132 cm³/mol. The Labute approximate surface area is 216 Å². The van der Waals surface area contributed by atoms with Crippen molar-refractivity contribution >= 4 is 22.8 Å². The molecule has 0 amide bonds. The third-order valence-corrected chi connectivity index (χ3v) is 7.88. The van der Waals surface area contributed by atoms with Gasteiger partial charge in [-0.2, -0.15) is 10.1 Å². The molecule has 0 unspecified atom stereocenters. The van der Waals surface area contributed by atoms with Crippen LogP contribution in [0.2, 0.25) is 5.02 Å². The highest BCUT2D eigenvalue weighted by Gasteiger charge is 2.48. The number of hydrogen-bond acceptors (Lipinski definition) is 7. The van der Waals surface area contributed by atoms with Crippen molar-refractivity contribution in [1.82, 2.24) is 24.7 Å². The van der Waals surface area contributed by atoms with Crippen molar-refractivity contribution in [2.24, 2.45) is 7.05 Å². The second-order valence-electron chi connectivity index (χ2n) is 9.99. The number of imidazole rings is 1. The van der Waals surface area contributed by atoms with Gasteiger partial charge in [0, 0.05) is 18.8 Å². The number of aromatic amines is 1. The van der Waals surface area contributed by atoms with Gasteiger partial charge in [-0.3, -0.25) is 4.68 Å². The summed E-state index contributed by atoms with van der Waals surface area (Å²) in [5.74, 6) is -0.243. The minimum atomic E-state index is -0.649. The molecular formula is C26H25ClFN5O4. The van der Waals surface area contributed by atoms with Crippen molar-refractivity contribution in [3.8, 4) is 17.3 Å². The van der Waals surface area contributed by atoms with Gasteiger partial charge in [0.05, 0.1) is 35.1 Å². The lowest BCUT2D eigenvalue weighted by molar-refractivity contribution is 0.00706. The summed E-state index contributed by atoms with van der Waals surface area (Å²) < 4.78 is 34.2. The van der Waals surface area contributed by atoms with E-state index in [1.807, 2.05) is 25.4 Å². The lowest BCUT2D eigenvalue weighted by Crippen LogP contribution is -2.34. The Balaban J connectivity index is 1.12. The number of aliphatic hydroxyl groups excluding tert-OH is 1. The number of aliphatic hydroxyl groups is 1. The number of aryl methyl sites for hydroxylation is 2. The van der Waals surface area contributed by atoms with Gasteiger partial charge in [0.2, 0.25) is 0 Å². The molecule has 1 aliphatic carbocycles. The number of pyridine rings is 1. The second-order valence-corrected chi connectivity index (χ2v) is 10.4. The fraction of sp³-hybridized carbons (Fsp3) is 0.423. The highest BCUT2D eigenvalue weighted by atomic mass is 35.5. The fourth-order valence-corrected chi connectivity index (χ4v) is 6.02. The van der Waals surface area contributed by atoms with Crippen molar-refractivity contribution < 1.29 is 23.7 Å². The minimum Gasteiger partial charge on any atom is -0.456 e. The molecule has 0 bridgehead atoms. The Hall–Kier alpha value is -3.05. The summed E-state index contributed by atoms with van der Waals surface area (Å²) in [5.41, 5.74) is 5.08. The topological polar surface area (TPSA) is 107 Å². The molecule has 37 heavy (non-hydrogen) atoms. The largest absolute Gasteiger partial charge is 0.456 e. The lowest BCUT2D eigenvalue weighted by Gasteiger charge is -2.15. The van der Waals surface area contributed by atoms with Crippen LogP contribution in [0.1, 0.15) is 29.2 Å². The minimum absolute atomic E-state index is 0.0246. The van der Waals surface area contributed by atoms with E-state index in [2.05, 4.69) is 15.1 Å². The Bertz CT molecular complexity index is 1510. The van der Waals surface area contributed by atoms with Gasteiger partial charge in [0.25, 0.3) is 6.01 Å². The highest BCUT2D eigenvalue weighted by molar-refractivity contribution is 6.31. The van der Waals surface area contributed by atoms with Crippen molar-refractivity contribution in [1.29, 1.82) is 0 Å². The van der Waals surface area contributed by atoms with Crippen LogP contribution in [0.4, 0.5) is 4.39 Å². The number of H-pyrrole nitrogens is 1. The number of ether oxygens (including phenoxy) is 3. The van der Waals surface area contributed by atoms with E-state index in [4.69, 9.17) is 30.8 Å². The summed E-state index contributed by atoms with van der Waals surface area (Å²) in [4.78, 5) is 12.3. The summed E-state index contributed by atoms with van der Waals surface area (Å²) in [7, 11) is 1.85. The molecule has 7 rings (SSSR count). The molecule has 192 valence electrons. The average molecular weight is 526 g/mol. The van der Waals surface area contributed by atoms with Crippen LogP contribution in [0.3, 0.4) is 0 Å². The third-order valence-electron chi connectivity index (χ3n) is 7.56. The van der Waals surface area contributed by atoms with E-state index in [0.717, 1.165) is 35.2 Å². The molecular weight excluding hydrogens is 501 g/mol. The monoisotopic (exact) mass is 525 g/mol. The van der Waals surface area contributed by atoms with E-state index >= 15 is 4.39 Å². The smallest absolute Gasteiger partial charge is 0.296 e. The number of rotatable bonds is 5. The summed E-state index contributed by atoms with van der Waals surface area (Å²) >= 11 is 6.60. The van der Waals surface area contributed by atoms with Gasteiger partial charge >= 0.3 is 0 Å². The summed E-state index contributed by atoms with van der Waals surface area (Å²) in [6.45, 7) is 0.531. The van der Waals surface area contributed by atoms with Crippen LogP contribution in [-0.4, -0.2) is 67.5 Å². The number of fused-ring (bicyclic) bond motifs is 3. The van der Waals surface area contributed by atoms with Crippen molar-refractivity contribution in [2.75, 3.05) is 13.2 Å². The lowest BCUT2D eigenvalue weighted by atomic mass is 9.94. The fourth-order valence-electron chi connectivity index (χ4n) is 5.79. The standard InChI is InChI=1S/C26H25ClFN5O4/c1-33-5-4-17(32-33)14-6-12-2-3-13(22(12)16(28)7-14)8-18-15(27)9-19-25(29-18)31-26(30-19)37-21-11-36-23-20(34)10-35-24(21)23/h4-7,9,13,20-21,23-24,34H,2-3,8,10-11H2,1H3,(H,29,30,31)/t13-,20-,21-,23-,24-/m1/s1. The number of aromatic nitrogens is 5. The number of hydrogen-bond donors (Lipinski definition) is 2. The molecule has 2 aliphatic heterocycles. The van der Waals surface area contributed by atoms with Crippen LogP contribution in [0, 0.1) is 5.82 Å². The van der Waals surface area contributed by atoms with Crippen LogP contribution < -0.4 is 4.74 Å². The van der Waals surface area contributed by atoms with Crippen molar-refractivity contribution in [3.05, 3.63) is 58.1 Å². The zero-order chi connectivity index (χ0) is 25.3. The first-order valence-electron chi connectivity index (χ1n) is 12.4. The number of nitrogens with one attached hydrogen (secondary N) is 1. The molecule has 0 saturated carbocycles. The number of nitrogens with zero attached hydrogens (tertiary/aromatic N) is 4. The molecule has 1 aromatic carbocycles. The molecule has 11 heteroatoms. The zero-order valence-electron chi connectivity index (χ0n) is 20.0. The molecule has 5 atom stereocenters. The van der Waals surface area contributed by atoms with E-state index in [1.54, 1.807) is 16.8 Å². The van der Waals surface area contributed by atoms with Crippen LogP contribution in [0.5, 0.6) is 6.01 Å². The molecule has 3 aliphatic rings. The maximum Gasteiger partial charge on any atom is 0.296 e. The first kappa shape index (κ1) is 23.1. The molecule has 5 heterocycles. The second kappa shape index (κ2) is 8.76. The SMILES string of the molecule is Cn1ccc(-c2cc(F)c3c(c2)CC[C@@H]3Cc2nc3nc(O[C@@H]4CO[C@H]5[C@@H]4OC[C@H]5O)[nH]c3cc2Cl)n1. The molecule has 9 nitrogen and oxygen atoms in total. The van der Waals surface area contributed by atoms with Gasteiger partial charge in [-0.05, 0) is 60.6 Å². The van der Waals surface area contributed by atoms with E-state index in [9.17, 15) is 5.11 Å². The van der Waals surface area contributed by atoms with Gasteiger partial charge in [-0.1, -0.05) is 11.6 Å². The maximum atomic E-state index is 15.3. The van der Waals surface area contributed by atoms with Crippen LogP contribution >= 0.6 is 11.6 Å². The van der Waals surface area contributed by atoms with E-state index in [-0.39, 0.29) is 42.7 Å². The summed E-state index contributed by atoms with van der Waals surface area (Å²) in [6, 6.07) is 7.56. The molecule has 2 fully saturated rings. The zero-order valence-corrected chi connectivity index (χ0v) is 20.8. The third kappa shape index (κ3) is 3.99. The van der Waals surface area contributed by atoms with Gasteiger partial charge < -0.3 is 24.3 Å². The Morgan fingerprint density at radius 1 is 1.22 bits per heavy atom. The van der Waals surface area contributed by atoms with Crippen LogP contribution in [0.15, 0.2) is 30.5 Å². The van der Waals surface area contributed by atoms with Gasteiger partial charge in [-0.25, -0.2) is 9.37 Å². The Kier molecular flexibility index (Phi) is 5.47. The average Bonchev–Trinajstić information content (AvgIpc) is 3.67. The normalized spacial score (nSPS) is 26.6. The van der Waals surface area contributed by atoms with Crippen molar-refractivity contribution in [3.63, 3.8) is 0 Å². The molecule has 3 aromatic heterocycles. The van der Waals surface area contributed by atoms with Crippen molar-refractivity contribution in [2.45, 2.75) is 49.6 Å².